The Morgan fingerprint density at radius 1 is 1.14 bits per heavy atom. The van der Waals surface area contributed by atoms with E-state index >= 15 is 0 Å². The molecule has 2 heterocycles. The Morgan fingerprint density at radius 2 is 1.86 bits per heavy atom. The highest BCUT2D eigenvalue weighted by atomic mass is 79.9. The van der Waals surface area contributed by atoms with Gasteiger partial charge in [0.15, 0.2) is 0 Å². The van der Waals surface area contributed by atoms with Gasteiger partial charge in [-0.3, -0.25) is 9.80 Å². The fourth-order valence-corrected chi connectivity index (χ4v) is 4.29. The van der Waals surface area contributed by atoms with Gasteiger partial charge in [-0.2, -0.15) is 0 Å². The Labute approximate surface area is 139 Å². The molecule has 4 heteroatoms. The standard InChI is InChI=1S/C17H23BrN2S/c1-17(2,3)20-8-6-19(7-9-20)11-13-12-21-16-5-4-14(18)10-15(13)16/h4-5,10,12H,6-9,11H2,1-3H3. The van der Waals surface area contributed by atoms with E-state index in [4.69, 9.17) is 0 Å². The molecule has 1 aliphatic heterocycles. The lowest BCUT2D eigenvalue weighted by atomic mass is 10.0. The Kier molecular flexibility index (Phi) is 4.42. The second kappa shape index (κ2) is 5.99. The maximum absolute atomic E-state index is 3.59. The molecular formula is C17H23BrN2S. The van der Waals surface area contributed by atoms with Crippen LogP contribution in [0.25, 0.3) is 10.1 Å². The zero-order valence-electron chi connectivity index (χ0n) is 13.0. The summed E-state index contributed by atoms with van der Waals surface area (Å²) in [7, 11) is 0. The summed E-state index contributed by atoms with van der Waals surface area (Å²) in [5, 5.41) is 3.74. The third-order valence-electron chi connectivity index (χ3n) is 4.33. The Bertz CT molecular complexity index is 621. The summed E-state index contributed by atoms with van der Waals surface area (Å²) in [4.78, 5) is 5.18. The number of rotatable bonds is 2. The van der Waals surface area contributed by atoms with E-state index in [9.17, 15) is 0 Å². The van der Waals surface area contributed by atoms with Crippen LogP contribution in [0, 0.1) is 0 Å². The van der Waals surface area contributed by atoms with Crippen molar-refractivity contribution in [2.45, 2.75) is 32.9 Å². The number of halogens is 1. The second-order valence-corrected chi connectivity index (χ2v) is 8.66. The Morgan fingerprint density at radius 3 is 2.52 bits per heavy atom. The van der Waals surface area contributed by atoms with Crippen LogP contribution in [0.4, 0.5) is 0 Å². The third kappa shape index (κ3) is 3.50. The van der Waals surface area contributed by atoms with Gasteiger partial charge in [-0.15, -0.1) is 11.3 Å². The monoisotopic (exact) mass is 366 g/mol. The topological polar surface area (TPSA) is 6.48 Å². The minimum absolute atomic E-state index is 0.298. The molecule has 0 spiro atoms. The first-order chi connectivity index (χ1) is 9.93. The Balaban J connectivity index is 1.68. The van der Waals surface area contributed by atoms with Gasteiger partial charge in [0.05, 0.1) is 0 Å². The van der Waals surface area contributed by atoms with Crippen LogP contribution in [0.2, 0.25) is 0 Å². The van der Waals surface area contributed by atoms with E-state index in [0.29, 0.717) is 5.54 Å². The summed E-state index contributed by atoms with van der Waals surface area (Å²) in [5.74, 6) is 0. The molecule has 2 nitrogen and oxygen atoms in total. The predicted octanol–water partition coefficient (Wildman–Crippen LogP) is 4.58. The van der Waals surface area contributed by atoms with Gasteiger partial charge in [0, 0.05) is 47.4 Å². The van der Waals surface area contributed by atoms with Crippen molar-refractivity contribution in [3.05, 3.63) is 33.6 Å². The molecule has 0 saturated carbocycles. The molecule has 1 fully saturated rings. The lowest BCUT2D eigenvalue weighted by molar-refractivity contribution is 0.0593. The normalized spacial score (nSPS) is 18.5. The quantitative estimate of drug-likeness (QED) is 0.767. The lowest BCUT2D eigenvalue weighted by Gasteiger charge is -2.42. The number of piperazine rings is 1. The number of hydrogen-bond acceptors (Lipinski definition) is 3. The minimum Gasteiger partial charge on any atom is -0.296 e. The fourth-order valence-electron chi connectivity index (χ4n) is 2.99. The van der Waals surface area contributed by atoms with Crippen LogP contribution in [0.1, 0.15) is 26.3 Å². The highest BCUT2D eigenvalue weighted by molar-refractivity contribution is 9.10. The van der Waals surface area contributed by atoms with E-state index in [1.54, 1.807) is 0 Å². The van der Waals surface area contributed by atoms with E-state index in [2.05, 4.69) is 70.1 Å². The molecule has 0 amide bonds. The molecule has 0 bridgehead atoms. The molecule has 1 saturated heterocycles. The highest BCUT2D eigenvalue weighted by Gasteiger charge is 2.25. The average Bonchev–Trinajstić information content (AvgIpc) is 2.81. The van der Waals surface area contributed by atoms with Crippen molar-refractivity contribution in [3.8, 4) is 0 Å². The first-order valence-corrected chi connectivity index (χ1v) is 9.24. The SMILES string of the molecule is CC(C)(C)N1CCN(Cc2csc3ccc(Br)cc23)CC1. The van der Waals surface area contributed by atoms with E-state index in [0.717, 1.165) is 6.54 Å². The van der Waals surface area contributed by atoms with Crippen molar-refractivity contribution in [1.82, 2.24) is 9.80 Å². The van der Waals surface area contributed by atoms with Crippen LogP contribution in [-0.2, 0) is 6.54 Å². The average molecular weight is 367 g/mol. The molecule has 1 aromatic heterocycles. The molecule has 2 aromatic rings. The van der Waals surface area contributed by atoms with E-state index in [1.165, 1.54) is 46.3 Å². The molecule has 0 atom stereocenters. The maximum atomic E-state index is 3.59. The summed E-state index contributed by atoms with van der Waals surface area (Å²) in [6.45, 7) is 12.7. The molecule has 1 aliphatic rings. The summed E-state index contributed by atoms with van der Waals surface area (Å²) < 4.78 is 2.56. The molecule has 0 N–H and O–H groups in total. The molecular weight excluding hydrogens is 344 g/mol. The summed E-state index contributed by atoms with van der Waals surface area (Å²) in [6, 6.07) is 6.60. The predicted molar refractivity (Wildman–Crippen MR) is 96.1 cm³/mol. The van der Waals surface area contributed by atoms with Crippen molar-refractivity contribution >= 4 is 37.4 Å². The highest BCUT2D eigenvalue weighted by Crippen LogP contribution is 2.30. The molecule has 0 unspecified atom stereocenters. The van der Waals surface area contributed by atoms with Crippen LogP contribution in [0.5, 0.6) is 0 Å². The van der Waals surface area contributed by atoms with Gasteiger partial charge in [0.25, 0.3) is 0 Å². The van der Waals surface area contributed by atoms with Gasteiger partial charge in [-0.1, -0.05) is 15.9 Å². The van der Waals surface area contributed by atoms with E-state index in [1.807, 2.05) is 11.3 Å². The van der Waals surface area contributed by atoms with Gasteiger partial charge in [-0.25, -0.2) is 0 Å². The summed E-state index contributed by atoms with van der Waals surface area (Å²) >= 11 is 5.45. The minimum atomic E-state index is 0.298. The zero-order valence-corrected chi connectivity index (χ0v) is 15.4. The maximum Gasteiger partial charge on any atom is 0.0346 e. The van der Waals surface area contributed by atoms with Gasteiger partial charge in [0.2, 0.25) is 0 Å². The van der Waals surface area contributed by atoms with Crippen LogP contribution in [0.3, 0.4) is 0 Å². The van der Waals surface area contributed by atoms with Crippen LogP contribution in [-0.4, -0.2) is 41.5 Å². The fraction of sp³-hybridized carbons (Fsp3) is 0.529. The largest absolute Gasteiger partial charge is 0.296 e. The van der Waals surface area contributed by atoms with E-state index in [-0.39, 0.29) is 0 Å². The smallest absolute Gasteiger partial charge is 0.0346 e. The third-order valence-corrected chi connectivity index (χ3v) is 5.84. The van der Waals surface area contributed by atoms with Gasteiger partial charge >= 0.3 is 0 Å². The van der Waals surface area contributed by atoms with Crippen molar-refractivity contribution < 1.29 is 0 Å². The van der Waals surface area contributed by atoms with Crippen molar-refractivity contribution in [3.63, 3.8) is 0 Å². The molecule has 3 rings (SSSR count). The van der Waals surface area contributed by atoms with Gasteiger partial charge in [-0.05, 0) is 55.3 Å². The number of fused-ring (bicyclic) bond motifs is 1. The van der Waals surface area contributed by atoms with Gasteiger partial charge in [0.1, 0.15) is 0 Å². The second-order valence-electron chi connectivity index (χ2n) is 6.84. The van der Waals surface area contributed by atoms with Crippen LogP contribution in [0.15, 0.2) is 28.1 Å². The number of benzene rings is 1. The van der Waals surface area contributed by atoms with Crippen LogP contribution >= 0.6 is 27.3 Å². The number of hydrogen-bond donors (Lipinski definition) is 0. The Hall–Kier alpha value is -0.420. The first-order valence-electron chi connectivity index (χ1n) is 7.56. The molecule has 21 heavy (non-hydrogen) atoms. The first kappa shape index (κ1) is 15.5. The molecule has 0 radical (unpaired) electrons. The van der Waals surface area contributed by atoms with Crippen molar-refractivity contribution in [2.75, 3.05) is 26.2 Å². The lowest BCUT2D eigenvalue weighted by Crippen LogP contribution is -2.53. The number of nitrogens with zero attached hydrogens (tertiary/aromatic N) is 2. The van der Waals surface area contributed by atoms with E-state index < -0.39 is 0 Å². The molecule has 1 aromatic carbocycles. The van der Waals surface area contributed by atoms with Crippen molar-refractivity contribution in [2.24, 2.45) is 0 Å². The molecule has 114 valence electrons. The molecule has 0 aliphatic carbocycles. The number of thiophene rings is 1. The van der Waals surface area contributed by atoms with Crippen molar-refractivity contribution in [1.29, 1.82) is 0 Å². The summed E-state index contributed by atoms with van der Waals surface area (Å²) in [6.07, 6.45) is 0. The van der Waals surface area contributed by atoms with Gasteiger partial charge < -0.3 is 0 Å². The zero-order chi connectivity index (χ0) is 15.0. The summed E-state index contributed by atoms with van der Waals surface area (Å²) in [5.41, 5.74) is 1.77. The van der Waals surface area contributed by atoms with Crippen LogP contribution < -0.4 is 0 Å².